The quantitative estimate of drug-likeness (QED) is 0.749. The van der Waals surface area contributed by atoms with Gasteiger partial charge in [-0.15, -0.1) is 0 Å². The maximum atomic E-state index is 12.4. The molecule has 0 heterocycles. The second-order valence-corrected chi connectivity index (χ2v) is 7.58. The van der Waals surface area contributed by atoms with E-state index in [-0.39, 0.29) is 23.2 Å². The van der Waals surface area contributed by atoms with Crippen LogP contribution in [0.1, 0.15) is 12.8 Å². The van der Waals surface area contributed by atoms with E-state index in [2.05, 4.69) is 20.7 Å². The Morgan fingerprint density at radius 1 is 1.33 bits per heavy atom. The summed E-state index contributed by atoms with van der Waals surface area (Å²) in [4.78, 5) is 0.0562. The largest absolute Gasteiger partial charge is 0.495 e. The average molecular weight is 379 g/mol. The van der Waals surface area contributed by atoms with E-state index in [4.69, 9.17) is 15.2 Å². The van der Waals surface area contributed by atoms with Gasteiger partial charge in [-0.05, 0) is 40.8 Å². The van der Waals surface area contributed by atoms with Crippen molar-refractivity contribution in [2.75, 3.05) is 20.8 Å². The molecule has 1 atom stereocenters. The van der Waals surface area contributed by atoms with E-state index >= 15 is 0 Å². The molecular formula is C13H19BrN2O4S. The second-order valence-electron chi connectivity index (χ2n) is 4.99. The summed E-state index contributed by atoms with van der Waals surface area (Å²) >= 11 is 3.28. The molecule has 2 rings (SSSR count). The topological polar surface area (TPSA) is 90.6 Å². The Labute approximate surface area is 133 Å². The van der Waals surface area contributed by atoms with Crippen LogP contribution in [-0.4, -0.2) is 35.2 Å². The highest BCUT2D eigenvalue weighted by molar-refractivity contribution is 9.10. The molecule has 0 radical (unpaired) electrons. The van der Waals surface area contributed by atoms with Gasteiger partial charge in [-0.1, -0.05) is 0 Å². The summed E-state index contributed by atoms with van der Waals surface area (Å²) in [6.45, 7) is 0.222. The van der Waals surface area contributed by atoms with Crippen molar-refractivity contribution in [1.29, 1.82) is 0 Å². The molecule has 0 amide bonds. The van der Waals surface area contributed by atoms with E-state index in [9.17, 15) is 8.42 Å². The van der Waals surface area contributed by atoms with Gasteiger partial charge >= 0.3 is 0 Å². The molecule has 1 saturated carbocycles. The molecule has 0 aliphatic heterocycles. The first-order valence-corrected chi connectivity index (χ1v) is 8.83. The molecule has 118 valence electrons. The van der Waals surface area contributed by atoms with E-state index in [1.807, 2.05) is 0 Å². The summed E-state index contributed by atoms with van der Waals surface area (Å²) < 4.78 is 38.2. The maximum Gasteiger partial charge on any atom is 0.244 e. The highest BCUT2D eigenvalue weighted by Gasteiger charge is 2.30. The van der Waals surface area contributed by atoms with Crippen LogP contribution in [0.2, 0.25) is 0 Å². The standard InChI is InChI=1S/C13H19BrN2O4S/c1-19-11-6-12(20-2)13(5-9(11)14)21(17,18)16-7-10(15)8-3-4-8/h5-6,8,10,16H,3-4,7,15H2,1-2H3. The van der Waals surface area contributed by atoms with Crippen molar-refractivity contribution in [3.63, 3.8) is 0 Å². The van der Waals surface area contributed by atoms with Gasteiger partial charge in [0.05, 0.1) is 18.7 Å². The van der Waals surface area contributed by atoms with Crippen molar-refractivity contribution < 1.29 is 17.9 Å². The van der Waals surface area contributed by atoms with Crippen molar-refractivity contribution in [1.82, 2.24) is 4.72 Å². The lowest BCUT2D eigenvalue weighted by Gasteiger charge is -2.15. The van der Waals surface area contributed by atoms with E-state index in [0.717, 1.165) is 12.8 Å². The van der Waals surface area contributed by atoms with Crippen LogP contribution in [-0.2, 0) is 10.0 Å². The normalized spacial score (nSPS) is 16.6. The number of benzene rings is 1. The molecule has 21 heavy (non-hydrogen) atoms. The third-order valence-electron chi connectivity index (χ3n) is 3.46. The van der Waals surface area contributed by atoms with E-state index in [1.165, 1.54) is 26.4 Å². The summed E-state index contributed by atoms with van der Waals surface area (Å²) in [6.07, 6.45) is 2.14. The van der Waals surface area contributed by atoms with Crippen molar-refractivity contribution >= 4 is 26.0 Å². The number of sulfonamides is 1. The lowest BCUT2D eigenvalue weighted by atomic mass is 10.2. The van der Waals surface area contributed by atoms with Gasteiger partial charge in [-0.2, -0.15) is 0 Å². The first-order valence-electron chi connectivity index (χ1n) is 6.55. The second kappa shape index (κ2) is 6.51. The zero-order valence-electron chi connectivity index (χ0n) is 11.9. The number of methoxy groups -OCH3 is 2. The molecule has 0 bridgehead atoms. The molecule has 0 aromatic heterocycles. The zero-order chi connectivity index (χ0) is 15.6. The minimum absolute atomic E-state index is 0.0562. The Bertz CT molecular complexity index is 617. The van der Waals surface area contributed by atoms with Gasteiger partial charge in [0.15, 0.2) is 0 Å². The van der Waals surface area contributed by atoms with E-state index in [1.54, 1.807) is 0 Å². The Kier molecular flexibility index (Phi) is 5.13. The SMILES string of the molecule is COc1cc(OC)c(S(=O)(=O)NCC(N)C2CC2)cc1Br. The highest BCUT2D eigenvalue weighted by Crippen LogP contribution is 2.35. The van der Waals surface area contributed by atoms with Gasteiger partial charge in [0.25, 0.3) is 0 Å². The van der Waals surface area contributed by atoms with Gasteiger partial charge in [0.2, 0.25) is 10.0 Å². The summed E-state index contributed by atoms with van der Waals surface area (Å²) in [5, 5.41) is 0. The van der Waals surface area contributed by atoms with Crippen molar-refractivity contribution in [2.24, 2.45) is 11.7 Å². The van der Waals surface area contributed by atoms with Crippen molar-refractivity contribution in [3.05, 3.63) is 16.6 Å². The van der Waals surface area contributed by atoms with Crippen LogP contribution in [0, 0.1) is 5.92 Å². The molecule has 1 aromatic rings. The van der Waals surface area contributed by atoms with Gasteiger partial charge < -0.3 is 15.2 Å². The average Bonchev–Trinajstić information content (AvgIpc) is 3.29. The van der Waals surface area contributed by atoms with Crippen molar-refractivity contribution in [2.45, 2.75) is 23.8 Å². The lowest BCUT2D eigenvalue weighted by molar-refractivity contribution is 0.384. The number of nitrogens with two attached hydrogens (primary N) is 1. The Morgan fingerprint density at radius 3 is 2.48 bits per heavy atom. The molecule has 1 aliphatic carbocycles. The number of halogens is 1. The fourth-order valence-electron chi connectivity index (χ4n) is 2.02. The molecule has 0 spiro atoms. The smallest absolute Gasteiger partial charge is 0.244 e. The minimum atomic E-state index is -3.69. The van der Waals surface area contributed by atoms with Crippen LogP contribution in [0.5, 0.6) is 11.5 Å². The molecule has 0 saturated heterocycles. The van der Waals surface area contributed by atoms with E-state index < -0.39 is 10.0 Å². The monoisotopic (exact) mass is 378 g/mol. The van der Waals surface area contributed by atoms with Crippen LogP contribution >= 0.6 is 15.9 Å². The molecular weight excluding hydrogens is 360 g/mol. The Morgan fingerprint density at radius 2 is 1.95 bits per heavy atom. The molecule has 3 N–H and O–H groups in total. The highest BCUT2D eigenvalue weighted by atomic mass is 79.9. The van der Waals surface area contributed by atoms with Crippen LogP contribution in [0.3, 0.4) is 0 Å². The molecule has 1 aliphatic rings. The predicted octanol–water partition coefficient (Wildman–Crippen LogP) is 1.48. The maximum absolute atomic E-state index is 12.4. The van der Waals surface area contributed by atoms with E-state index in [0.29, 0.717) is 16.1 Å². The van der Waals surface area contributed by atoms with Gasteiger partial charge in [-0.3, -0.25) is 0 Å². The molecule has 1 unspecified atom stereocenters. The van der Waals surface area contributed by atoms with Crippen LogP contribution < -0.4 is 19.9 Å². The fourth-order valence-corrected chi connectivity index (χ4v) is 3.92. The Hall–Kier alpha value is -0.830. The molecule has 1 fully saturated rings. The third kappa shape index (κ3) is 3.88. The van der Waals surface area contributed by atoms with Crippen LogP contribution in [0.4, 0.5) is 0 Å². The molecule has 1 aromatic carbocycles. The number of hydrogen-bond acceptors (Lipinski definition) is 5. The molecule has 8 heteroatoms. The van der Waals surface area contributed by atoms with Crippen molar-refractivity contribution in [3.8, 4) is 11.5 Å². The first-order chi connectivity index (χ1) is 9.89. The number of nitrogens with one attached hydrogen (secondary N) is 1. The summed E-state index contributed by atoms with van der Waals surface area (Å²) in [5.74, 6) is 1.15. The first kappa shape index (κ1) is 16.5. The summed E-state index contributed by atoms with van der Waals surface area (Å²) in [5.41, 5.74) is 5.92. The fraction of sp³-hybridized carbons (Fsp3) is 0.538. The number of ether oxygens (including phenoxy) is 2. The minimum Gasteiger partial charge on any atom is -0.495 e. The van der Waals surface area contributed by atoms with Crippen LogP contribution in [0.15, 0.2) is 21.5 Å². The van der Waals surface area contributed by atoms with Gasteiger partial charge in [-0.25, -0.2) is 13.1 Å². The van der Waals surface area contributed by atoms with Crippen LogP contribution in [0.25, 0.3) is 0 Å². The Balaban J connectivity index is 2.23. The predicted molar refractivity (Wildman–Crippen MR) is 83.1 cm³/mol. The lowest BCUT2D eigenvalue weighted by Crippen LogP contribution is -2.38. The molecule has 6 nitrogen and oxygen atoms in total. The zero-order valence-corrected chi connectivity index (χ0v) is 14.3. The number of hydrogen-bond donors (Lipinski definition) is 2. The number of rotatable bonds is 7. The van der Waals surface area contributed by atoms with Gasteiger partial charge in [0.1, 0.15) is 16.4 Å². The summed E-state index contributed by atoms with van der Waals surface area (Å²) in [7, 11) is -0.777. The van der Waals surface area contributed by atoms with Gasteiger partial charge in [0, 0.05) is 18.7 Å². The summed E-state index contributed by atoms with van der Waals surface area (Å²) in [6, 6.07) is 2.84. The third-order valence-corrected chi connectivity index (χ3v) is 5.53.